The van der Waals surface area contributed by atoms with Gasteiger partial charge >= 0.3 is 6.18 Å². The second kappa shape index (κ2) is 9.99. The molecular weight excluding hydrogens is 553 g/mol. The van der Waals surface area contributed by atoms with E-state index in [9.17, 15) is 30.4 Å². The third-order valence-corrected chi connectivity index (χ3v) is 8.32. The first-order valence-corrected chi connectivity index (χ1v) is 14.2. The Kier molecular flexibility index (Phi) is 6.93. The SMILES string of the molecule is Cc1nc(C2=C(n3cc(C(F)(F)F)nc3C)CCC(C3=CC=CC(S(C)(=O)=O)C3)=C2)c(-c2ccc(F)cc2F)o1. The van der Waals surface area contributed by atoms with Crippen molar-refractivity contribution in [2.24, 2.45) is 0 Å². The lowest BCUT2D eigenvalue weighted by Crippen LogP contribution is -2.20. The summed E-state index contributed by atoms with van der Waals surface area (Å²) in [4.78, 5) is 8.15. The summed E-state index contributed by atoms with van der Waals surface area (Å²) in [5, 5.41) is -0.717. The quantitative estimate of drug-likeness (QED) is 0.311. The fraction of sp³-hybridized carbons (Fsp3) is 0.286. The van der Waals surface area contributed by atoms with Gasteiger partial charge in [0.1, 0.15) is 23.2 Å². The van der Waals surface area contributed by atoms with Crippen molar-refractivity contribution in [2.75, 3.05) is 6.26 Å². The number of alkyl halides is 3. The molecule has 6 nitrogen and oxygen atoms in total. The van der Waals surface area contributed by atoms with Gasteiger partial charge in [-0.25, -0.2) is 27.2 Å². The number of halogens is 5. The second-order valence-electron chi connectivity index (χ2n) is 9.75. The van der Waals surface area contributed by atoms with Crippen LogP contribution in [0.15, 0.2) is 64.3 Å². The van der Waals surface area contributed by atoms with Gasteiger partial charge in [-0.05, 0) is 55.5 Å². The first kappa shape index (κ1) is 27.8. The Morgan fingerprint density at radius 3 is 2.48 bits per heavy atom. The minimum atomic E-state index is -4.67. The van der Waals surface area contributed by atoms with E-state index in [1.807, 2.05) is 0 Å². The molecule has 0 spiro atoms. The highest BCUT2D eigenvalue weighted by atomic mass is 32.2. The molecule has 5 rings (SSSR count). The molecule has 0 aliphatic heterocycles. The van der Waals surface area contributed by atoms with Crippen molar-refractivity contribution >= 4 is 21.1 Å². The van der Waals surface area contributed by atoms with Crippen molar-refractivity contribution in [2.45, 2.75) is 44.5 Å². The Bertz CT molecular complexity index is 1740. The molecule has 1 unspecified atom stereocenters. The molecule has 40 heavy (non-hydrogen) atoms. The van der Waals surface area contributed by atoms with Crippen LogP contribution in [-0.4, -0.2) is 34.5 Å². The number of oxazole rings is 1. The zero-order chi connectivity index (χ0) is 29.0. The number of benzene rings is 1. The average molecular weight is 578 g/mol. The lowest BCUT2D eigenvalue weighted by molar-refractivity contribution is -0.141. The third kappa shape index (κ3) is 5.32. The molecule has 1 atom stereocenters. The number of aromatic nitrogens is 3. The number of hydrogen-bond acceptors (Lipinski definition) is 5. The molecule has 0 amide bonds. The van der Waals surface area contributed by atoms with E-state index in [0.29, 0.717) is 23.8 Å². The number of sulfone groups is 1. The number of allylic oxidation sites excluding steroid dienone is 7. The van der Waals surface area contributed by atoms with Crippen molar-refractivity contribution in [1.82, 2.24) is 14.5 Å². The van der Waals surface area contributed by atoms with Crippen LogP contribution >= 0.6 is 0 Å². The molecule has 0 saturated carbocycles. The Balaban J connectivity index is 1.72. The van der Waals surface area contributed by atoms with Crippen LogP contribution in [-0.2, 0) is 16.0 Å². The van der Waals surface area contributed by atoms with Crippen LogP contribution in [0.1, 0.15) is 42.4 Å². The smallest absolute Gasteiger partial charge is 0.434 e. The molecule has 3 aromatic rings. The summed E-state index contributed by atoms with van der Waals surface area (Å²) >= 11 is 0. The summed E-state index contributed by atoms with van der Waals surface area (Å²) in [6, 6.07) is 2.98. The monoisotopic (exact) mass is 577 g/mol. The number of imidazole rings is 1. The van der Waals surface area contributed by atoms with Crippen LogP contribution in [0.5, 0.6) is 0 Å². The van der Waals surface area contributed by atoms with Gasteiger partial charge in [0, 0.05) is 36.7 Å². The Morgan fingerprint density at radius 1 is 1.07 bits per heavy atom. The van der Waals surface area contributed by atoms with Gasteiger partial charge in [-0.15, -0.1) is 0 Å². The topological polar surface area (TPSA) is 78.0 Å². The number of hydrogen-bond donors (Lipinski definition) is 0. The summed E-state index contributed by atoms with van der Waals surface area (Å²) in [7, 11) is -3.37. The maximum atomic E-state index is 14.9. The van der Waals surface area contributed by atoms with Crippen LogP contribution in [0, 0.1) is 25.5 Å². The predicted molar refractivity (Wildman–Crippen MR) is 139 cm³/mol. The van der Waals surface area contributed by atoms with Gasteiger partial charge in [0.15, 0.2) is 27.2 Å². The van der Waals surface area contributed by atoms with Gasteiger partial charge in [-0.1, -0.05) is 18.2 Å². The second-order valence-corrected chi connectivity index (χ2v) is 12.0. The molecule has 2 aliphatic carbocycles. The molecule has 0 N–H and O–H groups in total. The first-order valence-electron chi connectivity index (χ1n) is 12.3. The normalized spacial score (nSPS) is 18.2. The van der Waals surface area contributed by atoms with Crippen LogP contribution < -0.4 is 0 Å². The summed E-state index contributed by atoms with van der Waals surface area (Å²) in [5.41, 5.74) is 1.32. The fourth-order valence-corrected chi connectivity index (χ4v) is 5.81. The fourth-order valence-electron chi connectivity index (χ4n) is 4.95. The minimum absolute atomic E-state index is 0.0136. The van der Waals surface area contributed by atoms with Gasteiger partial charge in [-0.3, -0.25) is 0 Å². The van der Waals surface area contributed by atoms with Crippen molar-refractivity contribution in [3.63, 3.8) is 0 Å². The summed E-state index contributed by atoms with van der Waals surface area (Å²) in [5.74, 6) is -1.45. The van der Waals surface area contributed by atoms with E-state index in [1.165, 1.54) is 24.5 Å². The predicted octanol–water partition coefficient (Wildman–Crippen LogP) is 6.84. The molecular formula is C28H24F5N3O3S. The van der Waals surface area contributed by atoms with Crippen LogP contribution in [0.25, 0.3) is 22.6 Å². The van der Waals surface area contributed by atoms with E-state index >= 15 is 0 Å². The van der Waals surface area contributed by atoms with Crippen molar-refractivity contribution in [1.29, 1.82) is 0 Å². The van der Waals surface area contributed by atoms with Gasteiger partial charge in [-0.2, -0.15) is 13.2 Å². The highest BCUT2D eigenvalue weighted by Crippen LogP contribution is 2.43. The lowest BCUT2D eigenvalue weighted by atomic mass is 9.86. The summed E-state index contributed by atoms with van der Waals surface area (Å²) in [6.45, 7) is 2.98. The Labute approximate surface area is 227 Å². The summed E-state index contributed by atoms with van der Waals surface area (Å²) in [6.07, 6.45) is 5.05. The van der Waals surface area contributed by atoms with Crippen LogP contribution in [0.4, 0.5) is 22.0 Å². The maximum absolute atomic E-state index is 14.9. The van der Waals surface area contributed by atoms with Gasteiger partial charge in [0.2, 0.25) is 0 Å². The molecule has 210 valence electrons. The lowest BCUT2D eigenvalue weighted by Gasteiger charge is -2.25. The zero-order valence-electron chi connectivity index (χ0n) is 21.7. The van der Waals surface area contributed by atoms with E-state index in [0.717, 1.165) is 29.7 Å². The van der Waals surface area contributed by atoms with Crippen LogP contribution in [0.3, 0.4) is 0 Å². The highest BCUT2D eigenvalue weighted by Gasteiger charge is 2.36. The molecule has 2 heterocycles. The molecule has 2 aliphatic rings. The third-order valence-electron chi connectivity index (χ3n) is 6.90. The molecule has 12 heteroatoms. The summed E-state index contributed by atoms with van der Waals surface area (Å²) < 4.78 is 101. The Hall–Kier alpha value is -3.80. The molecule has 0 radical (unpaired) electrons. The number of rotatable bonds is 5. The maximum Gasteiger partial charge on any atom is 0.434 e. The minimum Gasteiger partial charge on any atom is -0.440 e. The van der Waals surface area contributed by atoms with E-state index in [1.54, 1.807) is 24.3 Å². The number of aryl methyl sites for hydroxylation is 2. The van der Waals surface area contributed by atoms with E-state index in [2.05, 4.69) is 9.97 Å². The standard InChI is InChI=1S/C28H24F5N3O3S/c1-15-34-25(28(31,32)33)14-36(15)24-10-7-18(17-5-4-6-20(11-17)40(3,37)38)12-22(24)26-27(39-16(2)35-26)21-9-8-19(29)13-23(21)30/h4-6,8-9,12-14,20H,7,10-11H2,1-3H3. The Morgan fingerprint density at radius 2 is 1.82 bits per heavy atom. The van der Waals surface area contributed by atoms with Gasteiger partial charge in [0.25, 0.3) is 0 Å². The molecule has 0 bridgehead atoms. The van der Waals surface area contributed by atoms with Crippen molar-refractivity contribution in [3.8, 4) is 11.3 Å². The van der Waals surface area contributed by atoms with Crippen LogP contribution in [0.2, 0.25) is 0 Å². The molecule has 0 saturated heterocycles. The zero-order valence-corrected chi connectivity index (χ0v) is 22.5. The van der Waals surface area contributed by atoms with E-state index < -0.39 is 38.6 Å². The van der Waals surface area contributed by atoms with Crippen molar-refractivity contribution < 1.29 is 34.8 Å². The first-order chi connectivity index (χ1) is 18.7. The van der Waals surface area contributed by atoms with Gasteiger partial charge in [0.05, 0.1) is 10.8 Å². The number of nitrogens with zero attached hydrogens (tertiary/aromatic N) is 3. The van der Waals surface area contributed by atoms with Crippen molar-refractivity contribution in [3.05, 3.63) is 94.6 Å². The molecule has 0 fully saturated rings. The largest absolute Gasteiger partial charge is 0.440 e. The highest BCUT2D eigenvalue weighted by molar-refractivity contribution is 7.91. The molecule has 2 aromatic heterocycles. The van der Waals surface area contributed by atoms with E-state index in [4.69, 9.17) is 4.42 Å². The van der Waals surface area contributed by atoms with E-state index in [-0.39, 0.29) is 41.6 Å². The van der Waals surface area contributed by atoms with Gasteiger partial charge < -0.3 is 8.98 Å². The average Bonchev–Trinajstić information content (AvgIpc) is 3.46. The molecule has 1 aromatic carbocycles.